The summed E-state index contributed by atoms with van der Waals surface area (Å²) in [5.74, 6) is -2.53. The van der Waals surface area contributed by atoms with Crippen LogP contribution < -0.4 is 10.9 Å². The molecule has 2 aromatic rings. The molecule has 0 saturated heterocycles. The lowest BCUT2D eigenvalue weighted by molar-refractivity contribution is -0.122. The van der Waals surface area contributed by atoms with Crippen molar-refractivity contribution >= 4 is 22.8 Å². The van der Waals surface area contributed by atoms with Crippen LogP contribution in [0.2, 0.25) is 0 Å². The second-order valence-electron chi connectivity index (χ2n) is 5.34. The molecule has 1 aromatic heterocycles. The molecule has 0 bridgehead atoms. The summed E-state index contributed by atoms with van der Waals surface area (Å²) >= 11 is 0. The number of rotatable bonds is 5. The maximum atomic E-state index is 14.3. The fourth-order valence-corrected chi connectivity index (χ4v) is 2.24. The number of carbonyl (C=O) groups is 2. The molecular formula is C16H17FN2O4. The van der Waals surface area contributed by atoms with Gasteiger partial charge < -0.3 is 10.4 Å². The first-order valence-electron chi connectivity index (χ1n) is 7.19. The molecule has 0 radical (unpaired) electrons. The van der Waals surface area contributed by atoms with E-state index in [1.807, 2.05) is 13.8 Å². The first-order chi connectivity index (χ1) is 10.8. The number of halogens is 1. The first kappa shape index (κ1) is 16.7. The molecule has 1 unspecified atom stereocenters. The molecular weight excluding hydrogens is 303 g/mol. The number of nitrogens with zero attached hydrogens (tertiary/aromatic N) is 1. The Labute approximate surface area is 131 Å². The molecule has 0 saturated carbocycles. The molecule has 0 aliphatic rings. The van der Waals surface area contributed by atoms with Crippen LogP contribution in [0.3, 0.4) is 0 Å². The van der Waals surface area contributed by atoms with Gasteiger partial charge in [-0.2, -0.15) is 0 Å². The smallest absolute Gasteiger partial charge is 0.335 e. The third-order valence-electron chi connectivity index (χ3n) is 3.60. The van der Waals surface area contributed by atoms with Crippen molar-refractivity contribution < 1.29 is 19.1 Å². The number of carbonyl (C=O) groups excluding carboxylic acids is 1. The highest BCUT2D eigenvalue weighted by molar-refractivity contribution is 5.94. The number of carboxylic acids is 1. The second kappa shape index (κ2) is 6.60. The van der Waals surface area contributed by atoms with E-state index < -0.39 is 23.3 Å². The SMILES string of the molecule is CCC(C)NC(=O)Cn1c(=O)ccc2cc(C(=O)O)cc(F)c21. The number of amides is 1. The summed E-state index contributed by atoms with van der Waals surface area (Å²) in [4.78, 5) is 35.0. The van der Waals surface area contributed by atoms with Crippen molar-refractivity contribution in [3.63, 3.8) is 0 Å². The molecule has 2 N–H and O–H groups in total. The zero-order valence-electron chi connectivity index (χ0n) is 12.8. The molecule has 0 spiro atoms. The van der Waals surface area contributed by atoms with E-state index in [2.05, 4.69) is 5.32 Å². The average molecular weight is 320 g/mol. The van der Waals surface area contributed by atoms with Gasteiger partial charge in [-0.15, -0.1) is 0 Å². The van der Waals surface area contributed by atoms with Crippen LogP contribution in [0.5, 0.6) is 0 Å². The number of hydrogen-bond donors (Lipinski definition) is 2. The third-order valence-corrected chi connectivity index (χ3v) is 3.60. The van der Waals surface area contributed by atoms with Gasteiger partial charge in [0.25, 0.3) is 5.56 Å². The average Bonchev–Trinajstić information content (AvgIpc) is 2.49. The Hall–Kier alpha value is -2.70. The third kappa shape index (κ3) is 3.56. The quantitative estimate of drug-likeness (QED) is 0.878. The molecule has 6 nitrogen and oxygen atoms in total. The van der Waals surface area contributed by atoms with E-state index in [4.69, 9.17) is 5.11 Å². The van der Waals surface area contributed by atoms with Crippen molar-refractivity contribution in [3.8, 4) is 0 Å². The first-order valence-corrected chi connectivity index (χ1v) is 7.19. The summed E-state index contributed by atoms with van der Waals surface area (Å²) in [6.07, 6.45) is 0.729. The number of benzene rings is 1. The van der Waals surface area contributed by atoms with E-state index >= 15 is 0 Å². The van der Waals surface area contributed by atoms with Crippen molar-refractivity contribution in [1.29, 1.82) is 0 Å². The van der Waals surface area contributed by atoms with Crippen molar-refractivity contribution in [1.82, 2.24) is 9.88 Å². The summed E-state index contributed by atoms with van der Waals surface area (Å²) in [7, 11) is 0. The van der Waals surface area contributed by atoms with E-state index in [0.29, 0.717) is 0 Å². The molecule has 122 valence electrons. The number of aromatic carboxylic acids is 1. The van der Waals surface area contributed by atoms with Crippen LogP contribution in [0, 0.1) is 5.82 Å². The normalized spacial score (nSPS) is 12.1. The molecule has 1 amide bonds. The van der Waals surface area contributed by atoms with Crippen LogP contribution in [-0.2, 0) is 11.3 Å². The summed E-state index contributed by atoms with van der Waals surface area (Å²) in [6, 6.07) is 4.58. The van der Waals surface area contributed by atoms with Crippen molar-refractivity contribution in [2.45, 2.75) is 32.9 Å². The van der Waals surface area contributed by atoms with Gasteiger partial charge in [0.15, 0.2) is 0 Å². The molecule has 2 rings (SSSR count). The van der Waals surface area contributed by atoms with E-state index in [0.717, 1.165) is 17.1 Å². The summed E-state index contributed by atoms with van der Waals surface area (Å²) in [6.45, 7) is 3.40. The predicted molar refractivity (Wildman–Crippen MR) is 83.0 cm³/mol. The van der Waals surface area contributed by atoms with Gasteiger partial charge in [-0.25, -0.2) is 9.18 Å². The highest BCUT2D eigenvalue weighted by atomic mass is 19.1. The number of hydrogen-bond acceptors (Lipinski definition) is 3. The van der Waals surface area contributed by atoms with Crippen LogP contribution in [0.25, 0.3) is 10.9 Å². The summed E-state index contributed by atoms with van der Waals surface area (Å²) in [5, 5.41) is 11.9. The number of carboxylic acid groups (broad SMARTS) is 1. The Bertz CT molecular complexity index is 829. The molecule has 1 heterocycles. The minimum absolute atomic E-state index is 0.0587. The Morgan fingerprint density at radius 2 is 2.04 bits per heavy atom. The molecule has 0 fully saturated rings. The van der Waals surface area contributed by atoms with Gasteiger partial charge in [-0.05, 0) is 31.5 Å². The lowest BCUT2D eigenvalue weighted by Crippen LogP contribution is -2.37. The van der Waals surface area contributed by atoms with Gasteiger partial charge in [0.1, 0.15) is 12.4 Å². The molecule has 0 aliphatic heterocycles. The van der Waals surface area contributed by atoms with Gasteiger partial charge >= 0.3 is 5.97 Å². The van der Waals surface area contributed by atoms with Crippen LogP contribution >= 0.6 is 0 Å². The van der Waals surface area contributed by atoms with E-state index in [-0.39, 0.29) is 29.1 Å². The van der Waals surface area contributed by atoms with Crippen LogP contribution in [0.4, 0.5) is 4.39 Å². The van der Waals surface area contributed by atoms with E-state index in [9.17, 15) is 18.8 Å². The van der Waals surface area contributed by atoms with E-state index in [1.165, 1.54) is 18.2 Å². The number of aromatic nitrogens is 1. The Morgan fingerprint density at radius 1 is 1.35 bits per heavy atom. The zero-order chi connectivity index (χ0) is 17.1. The number of nitrogens with one attached hydrogen (secondary N) is 1. The minimum atomic E-state index is -1.27. The van der Waals surface area contributed by atoms with Crippen LogP contribution in [0.15, 0.2) is 29.1 Å². The highest BCUT2D eigenvalue weighted by Gasteiger charge is 2.15. The molecule has 1 aromatic carbocycles. The molecule has 23 heavy (non-hydrogen) atoms. The topological polar surface area (TPSA) is 88.4 Å². The van der Waals surface area contributed by atoms with Crippen LogP contribution in [0.1, 0.15) is 30.6 Å². The monoisotopic (exact) mass is 320 g/mol. The van der Waals surface area contributed by atoms with Crippen molar-refractivity contribution in [2.75, 3.05) is 0 Å². The van der Waals surface area contributed by atoms with Gasteiger partial charge in [0.05, 0.1) is 11.1 Å². The Balaban J connectivity index is 2.51. The fourth-order valence-electron chi connectivity index (χ4n) is 2.24. The van der Waals surface area contributed by atoms with Crippen molar-refractivity contribution in [2.24, 2.45) is 0 Å². The fraction of sp³-hybridized carbons (Fsp3) is 0.312. The number of fused-ring (bicyclic) bond motifs is 1. The predicted octanol–water partition coefficient (Wildman–Crippen LogP) is 1.75. The zero-order valence-corrected chi connectivity index (χ0v) is 12.8. The molecule has 1 atom stereocenters. The van der Waals surface area contributed by atoms with E-state index in [1.54, 1.807) is 0 Å². The highest BCUT2D eigenvalue weighted by Crippen LogP contribution is 2.19. The van der Waals surface area contributed by atoms with Crippen molar-refractivity contribution in [3.05, 3.63) is 46.0 Å². The van der Waals surface area contributed by atoms with Gasteiger partial charge in [0, 0.05) is 17.5 Å². The number of pyridine rings is 1. The Morgan fingerprint density at radius 3 is 2.65 bits per heavy atom. The lowest BCUT2D eigenvalue weighted by Gasteiger charge is -2.14. The largest absolute Gasteiger partial charge is 0.478 e. The maximum absolute atomic E-state index is 14.3. The standard InChI is InChI=1S/C16H17FN2O4/c1-3-9(2)18-13(20)8-19-14(21)5-4-10-6-11(16(22)23)7-12(17)15(10)19/h4-7,9H,3,8H2,1-2H3,(H,18,20)(H,22,23). The van der Waals surface area contributed by atoms with Crippen LogP contribution in [-0.4, -0.2) is 27.6 Å². The van der Waals surface area contributed by atoms with Gasteiger partial charge in [0.2, 0.25) is 5.91 Å². The molecule has 7 heteroatoms. The minimum Gasteiger partial charge on any atom is -0.478 e. The lowest BCUT2D eigenvalue weighted by atomic mass is 10.1. The summed E-state index contributed by atoms with van der Waals surface area (Å²) < 4.78 is 15.3. The van der Waals surface area contributed by atoms with Gasteiger partial charge in [-0.1, -0.05) is 6.92 Å². The second-order valence-corrected chi connectivity index (χ2v) is 5.34. The maximum Gasteiger partial charge on any atom is 0.335 e. The summed E-state index contributed by atoms with van der Waals surface area (Å²) in [5.41, 5.74) is -0.829. The molecule has 0 aliphatic carbocycles. The van der Waals surface area contributed by atoms with Gasteiger partial charge in [-0.3, -0.25) is 14.2 Å². The Kier molecular flexibility index (Phi) is 4.78.